The maximum Gasteiger partial charge on any atom is 0.255 e. The van der Waals surface area contributed by atoms with E-state index in [1.807, 2.05) is 0 Å². The number of carbonyl (C=O) groups excluding carboxylic acids is 2. The number of fused-ring (bicyclic) bond motifs is 1. The van der Waals surface area contributed by atoms with Gasteiger partial charge in [-0.25, -0.2) is 18.7 Å². The van der Waals surface area contributed by atoms with E-state index in [1.165, 1.54) is 0 Å². The summed E-state index contributed by atoms with van der Waals surface area (Å²) in [5.41, 5.74) is 8.64. The van der Waals surface area contributed by atoms with Crippen LogP contribution in [0.1, 0.15) is 66.1 Å². The summed E-state index contributed by atoms with van der Waals surface area (Å²) in [7, 11) is -3.59. The van der Waals surface area contributed by atoms with Crippen molar-refractivity contribution in [2.24, 2.45) is 16.1 Å². The van der Waals surface area contributed by atoms with Crippen LogP contribution in [-0.2, 0) is 14.8 Å². The molecule has 1 aliphatic carbocycles. The fraction of sp³-hybridized carbons (Fsp3) is 0.423. The molecule has 5 N–H and O–H groups in total. The molecule has 2 aromatic rings. The Bertz CT molecular complexity index is 1450. The number of nitrogens with one attached hydrogen (secondary N) is 3. The third-order valence-electron chi connectivity index (χ3n) is 7.38. The zero-order chi connectivity index (χ0) is 29.2. The van der Waals surface area contributed by atoms with Crippen molar-refractivity contribution in [3.8, 4) is 0 Å². The molecule has 2 aromatic carbocycles. The molecule has 2 unspecified atom stereocenters. The van der Waals surface area contributed by atoms with Gasteiger partial charge in [0.25, 0.3) is 5.91 Å². The van der Waals surface area contributed by atoms with Crippen molar-refractivity contribution in [2.75, 3.05) is 6.26 Å². The number of hydrazone groups is 1. The van der Waals surface area contributed by atoms with Crippen LogP contribution >= 0.6 is 23.2 Å². The Labute approximate surface area is 243 Å². The third-order valence-corrected chi connectivity index (χ3v) is 8.68. The molecule has 4 rings (SSSR count). The van der Waals surface area contributed by atoms with Crippen LogP contribution in [0.3, 0.4) is 0 Å². The largest absolute Gasteiger partial charge is 0.346 e. The molecular weight excluding hydrogens is 577 g/mol. The fourth-order valence-corrected chi connectivity index (χ4v) is 7.08. The summed E-state index contributed by atoms with van der Waals surface area (Å²) >= 11 is 12.9. The molecule has 0 saturated heterocycles. The van der Waals surface area contributed by atoms with Gasteiger partial charge >= 0.3 is 0 Å². The second kappa shape index (κ2) is 12.2. The van der Waals surface area contributed by atoms with Crippen LogP contribution in [0.2, 0.25) is 10.0 Å². The van der Waals surface area contributed by atoms with Crippen molar-refractivity contribution in [3.05, 3.63) is 69.2 Å². The number of hydrogen-bond acceptors (Lipinski definition) is 7. The molecule has 14 heteroatoms. The summed E-state index contributed by atoms with van der Waals surface area (Å²) in [6.45, 7) is 1.59. The van der Waals surface area contributed by atoms with E-state index >= 15 is 0 Å². The summed E-state index contributed by atoms with van der Waals surface area (Å²) < 4.78 is 27.3. The van der Waals surface area contributed by atoms with Gasteiger partial charge in [-0.15, -0.1) is 5.11 Å². The van der Waals surface area contributed by atoms with Gasteiger partial charge in [0.15, 0.2) is 5.84 Å². The first-order valence-corrected chi connectivity index (χ1v) is 15.4. The molecule has 1 heterocycles. The number of nitrogens with two attached hydrogens (primary N) is 1. The number of benzene rings is 2. The average molecular weight is 609 g/mol. The molecule has 1 fully saturated rings. The predicted molar refractivity (Wildman–Crippen MR) is 153 cm³/mol. The lowest BCUT2D eigenvalue weighted by Crippen LogP contribution is -2.59. The highest BCUT2D eigenvalue weighted by Crippen LogP contribution is 2.47. The summed E-state index contributed by atoms with van der Waals surface area (Å²) in [5.74, 6) is 3.51. The van der Waals surface area contributed by atoms with Gasteiger partial charge in [-0.3, -0.25) is 9.59 Å². The third kappa shape index (κ3) is 6.14. The highest BCUT2D eigenvalue weighted by molar-refractivity contribution is 7.88. The predicted octanol–water partition coefficient (Wildman–Crippen LogP) is 3.94. The number of nitrogens with zero attached hydrogens (tertiary/aromatic N) is 3. The van der Waals surface area contributed by atoms with Crippen molar-refractivity contribution in [1.29, 1.82) is 5.53 Å². The molecule has 0 radical (unpaired) electrons. The highest BCUT2D eigenvalue weighted by Gasteiger charge is 2.49. The maximum absolute atomic E-state index is 14.3. The first-order chi connectivity index (χ1) is 19.0. The second-order valence-corrected chi connectivity index (χ2v) is 12.7. The normalized spacial score (nSPS) is 24.2. The van der Waals surface area contributed by atoms with Gasteiger partial charge in [-0.2, -0.15) is 5.10 Å². The quantitative estimate of drug-likeness (QED) is 0.122. The lowest BCUT2D eigenvalue weighted by atomic mass is 9.76. The van der Waals surface area contributed by atoms with Gasteiger partial charge < -0.3 is 16.1 Å². The van der Waals surface area contributed by atoms with Crippen molar-refractivity contribution in [2.45, 2.75) is 62.7 Å². The standard InChI is InChI=1S/C26H31Cl2N7O4S/c1-14(24(32-29)33-30)31-25(36)22-16-7-3-4-8-17(16)26(37)35(23(22)18-12-11-15(27)13-19(18)28)21-10-6-5-9-20(21)34-40(2,38)39/h3-4,7-8,11-14,20-23,29,34H,5-6,9-10,30H2,1-2H3,(H,31,36)/t14?,20-,21?,22+,23-/m0/s1. The Morgan fingerprint density at radius 3 is 2.50 bits per heavy atom. The number of halogens is 2. The topological polar surface area (TPSA) is 170 Å². The Kier molecular flexibility index (Phi) is 9.13. The molecule has 40 heavy (non-hydrogen) atoms. The minimum atomic E-state index is -3.59. The molecule has 1 aliphatic heterocycles. The second-order valence-electron chi connectivity index (χ2n) is 10.1. The number of hydrogen-bond donors (Lipinski definition) is 4. The van der Waals surface area contributed by atoms with Gasteiger partial charge in [0.2, 0.25) is 15.9 Å². The first kappa shape index (κ1) is 29.9. The Hall–Kier alpha value is -3.06. The number of carbonyl (C=O) groups is 2. The lowest BCUT2D eigenvalue weighted by Gasteiger charge is -2.49. The van der Waals surface area contributed by atoms with E-state index in [-0.39, 0.29) is 16.8 Å². The minimum absolute atomic E-state index is 0.0869. The molecule has 2 amide bonds. The first-order valence-electron chi connectivity index (χ1n) is 12.8. The Morgan fingerprint density at radius 2 is 1.85 bits per heavy atom. The molecule has 214 valence electrons. The van der Waals surface area contributed by atoms with E-state index in [0.29, 0.717) is 34.6 Å². The molecule has 5 atom stereocenters. The van der Waals surface area contributed by atoms with Crippen molar-refractivity contribution < 1.29 is 18.0 Å². The summed E-state index contributed by atoms with van der Waals surface area (Å²) in [6.07, 6.45) is 3.70. The number of amides is 2. The Morgan fingerprint density at radius 1 is 1.15 bits per heavy atom. The smallest absolute Gasteiger partial charge is 0.255 e. The van der Waals surface area contributed by atoms with Crippen LogP contribution in [0.5, 0.6) is 0 Å². The van der Waals surface area contributed by atoms with Crippen LogP contribution in [0.15, 0.2) is 52.7 Å². The van der Waals surface area contributed by atoms with Gasteiger partial charge in [0, 0.05) is 27.7 Å². The molecular formula is C26H31Cl2N7O4S. The number of rotatable bonds is 7. The molecule has 1 saturated carbocycles. The van der Waals surface area contributed by atoms with Gasteiger partial charge in [0.05, 0.1) is 24.3 Å². The Balaban J connectivity index is 1.93. The van der Waals surface area contributed by atoms with E-state index < -0.39 is 46.0 Å². The van der Waals surface area contributed by atoms with Crippen LogP contribution in [0.4, 0.5) is 0 Å². The zero-order valence-electron chi connectivity index (χ0n) is 22.0. The average Bonchev–Trinajstić information content (AvgIpc) is 2.89. The van der Waals surface area contributed by atoms with Crippen molar-refractivity contribution >= 4 is 50.9 Å². The van der Waals surface area contributed by atoms with Crippen LogP contribution in [0.25, 0.3) is 0 Å². The molecule has 0 aromatic heterocycles. The SMILES string of the molecule is CC(NC(=O)[C@@H]1c2ccccc2C(=O)N(C2CCCC[C@@H]2NS(C)(=O)=O)[C@H]1c1ccc(Cl)cc1Cl)C(N=N)=NN. The summed E-state index contributed by atoms with van der Waals surface area (Å²) in [5, 5.41) is 10.2. The van der Waals surface area contributed by atoms with E-state index in [2.05, 4.69) is 20.3 Å². The van der Waals surface area contributed by atoms with Gasteiger partial charge in [-0.1, -0.05) is 60.3 Å². The number of amidine groups is 1. The zero-order valence-corrected chi connectivity index (χ0v) is 24.3. The molecule has 0 bridgehead atoms. The van der Waals surface area contributed by atoms with E-state index in [1.54, 1.807) is 54.3 Å². The van der Waals surface area contributed by atoms with Crippen molar-refractivity contribution in [3.63, 3.8) is 0 Å². The van der Waals surface area contributed by atoms with Gasteiger partial charge in [-0.05, 0) is 49.1 Å². The summed E-state index contributed by atoms with van der Waals surface area (Å²) in [6, 6.07) is 8.87. The minimum Gasteiger partial charge on any atom is -0.346 e. The fourth-order valence-electron chi connectivity index (χ4n) is 5.73. The van der Waals surface area contributed by atoms with Crippen molar-refractivity contribution in [1.82, 2.24) is 14.9 Å². The van der Waals surface area contributed by atoms with Gasteiger partial charge in [0.1, 0.15) is 0 Å². The molecule has 0 spiro atoms. The summed E-state index contributed by atoms with van der Waals surface area (Å²) in [4.78, 5) is 30.0. The highest BCUT2D eigenvalue weighted by atomic mass is 35.5. The monoisotopic (exact) mass is 607 g/mol. The molecule has 11 nitrogen and oxygen atoms in total. The van der Waals surface area contributed by atoms with E-state index in [4.69, 9.17) is 34.6 Å². The van der Waals surface area contributed by atoms with E-state index in [9.17, 15) is 18.0 Å². The number of sulfonamides is 1. The van der Waals surface area contributed by atoms with Crippen LogP contribution in [0, 0.1) is 5.53 Å². The van der Waals surface area contributed by atoms with E-state index in [0.717, 1.165) is 19.1 Å². The van der Waals surface area contributed by atoms with Crippen LogP contribution in [-0.4, -0.2) is 55.3 Å². The van der Waals surface area contributed by atoms with Crippen LogP contribution < -0.4 is 15.9 Å². The maximum atomic E-state index is 14.3. The molecule has 2 aliphatic rings. The lowest BCUT2D eigenvalue weighted by molar-refractivity contribution is -0.124.